The summed E-state index contributed by atoms with van der Waals surface area (Å²) in [5, 5.41) is 5.55. The number of rotatable bonds is 5. The van der Waals surface area contributed by atoms with Gasteiger partial charge in [-0.25, -0.2) is 0 Å². The number of amides is 2. The lowest BCUT2D eigenvalue weighted by atomic mass is 10.1. The molecule has 0 aliphatic heterocycles. The van der Waals surface area contributed by atoms with Crippen LogP contribution in [0.3, 0.4) is 0 Å². The van der Waals surface area contributed by atoms with Crippen LogP contribution in [-0.2, 0) is 9.59 Å². The van der Waals surface area contributed by atoms with E-state index >= 15 is 0 Å². The number of carbonyl (C=O) groups is 2. The minimum atomic E-state index is -0.0674. The molecule has 0 saturated heterocycles. The van der Waals surface area contributed by atoms with E-state index in [2.05, 4.69) is 10.6 Å². The highest BCUT2D eigenvalue weighted by molar-refractivity contribution is 5.78. The van der Waals surface area contributed by atoms with Gasteiger partial charge in [-0.3, -0.25) is 9.59 Å². The molecular weight excluding hydrogens is 180 g/mol. The molecule has 0 aromatic carbocycles. The summed E-state index contributed by atoms with van der Waals surface area (Å²) in [6.07, 6.45) is 0.818. The Labute approximate surface area is 85.4 Å². The topological polar surface area (TPSA) is 58.2 Å². The lowest BCUT2D eigenvalue weighted by Crippen LogP contribution is -2.44. The fourth-order valence-corrected chi connectivity index (χ4v) is 0.932. The van der Waals surface area contributed by atoms with E-state index in [1.54, 1.807) is 0 Å². The number of hydrogen-bond donors (Lipinski definition) is 2. The van der Waals surface area contributed by atoms with Crippen LogP contribution in [0.4, 0.5) is 0 Å². The van der Waals surface area contributed by atoms with Gasteiger partial charge in [0.25, 0.3) is 0 Å². The minimum absolute atomic E-state index is 0.0126. The van der Waals surface area contributed by atoms with Crippen LogP contribution in [0.5, 0.6) is 0 Å². The summed E-state index contributed by atoms with van der Waals surface area (Å²) in [5.74, 6) is -0.0502. The maximum atomic E-state index is 11.3. The van der Waals surface area contributed by atoms with Crippen LogP contribution < -0.4 is 10.6 Å². The predicted molar refractivity (Wildman–Crippen MR) is 55.7 cm³/mol. The lowest BCUT2D eigenvalue weighted by molar-refractivity contribution is -0.125. The van der Waals surface area contributed by atoms with Crippen molar-refractivity contribution in [1.29, 1.82) is 0 Å². The molecule has 0 unspecified atom stereocenters. The molecule has 0 aliphatic carbocycles. The van der Waals surface area contributed by atoms with Crippen molar-refractivity contribution in [2.75, 3.05) is 6.54 Å². The molecule has 0 spiro atoms. The highest BCUT2D eigenvalue weighted by Gasteiger charge is 2.12. The van der Waals surface area contributed by atoms with E-state index in [0.717, 1.165) is 6.42 Å². The molecule has 82 valence electrons. The summed E-state index contributed by atoms with van der Waals surface area (Å²) in [5.41, 5.74) is 0. The highest BCUT2D eigenvalue weighted by atomic mass is 16.2. The van der Waals surface area contributed by atoms with Crippen molar-refractivity contribution in [3.63, 3.8) is 0 Å². The van der Waals surface area contributed by atoms with Crippen molar-refractivity contribution in [2.24, 2.45) is 5.92 Å². The Morgan fingerprint density at radius 1 is 1.29 bits per heavy atom. The van der Waals surface area contributed by atoms with Crippen molar-refractivity contribution in [3.05, 3.63) is 0 Å². The summed E-state index contributed by atoms with van der Waals surface area (Å²) >= 11 is 0. The number of hydrogen-bond acceptors (Lipinski definition) is 2. The van der Waals surface area contributed by atoms with E-state index in [0.29, 0.717) is 6.54 Å². The SMILES string of the molecule is CC[C@H](CNC(C)=O)NC(=O)C(C)C. The Morgan fingerprint density at radius 3 is 2.21 bits per heavy atom. The Bertz CT molecular complexity index is 202. The van der Waals surface area contributed by atoms with Gasteiger partial charge in [0.15, 0.2) is 0 Å². The van der Waals surface area contributed by atoms with Crippen LogP contribution in [0.1, 0.15) is 34.1 Å². The average molecular weight is 200 g/mol. The third-order valence-corrected chi connectivity index (χ3v) is 1.96. The quantitative estimate of drug-likeness (QED) is 0.685. The van der Waals surface area contributed by atoms with Gasteiger partial charge in [0, 0.05) is 25.4 Å². The first-order valence-electron chi connectivity index (χ1n) is 5.02. The van der Waals surface area contributed by atoms with Gasteiger partial charge in [-0.2, -0.15) is 0 Å². The van der Waals surface area contributed by atoms with Crippen molar-refractivity contribution < 1.29 is 9.59 Å². The van der Waals surface area contributed by atoms with Crippen LogP contribution >= 0.6 is 0 Å². The normalized spacial score (nSPS) is 12.4. The minimum Gasteiger partial charge on any atom is -0.354 e. The molecule has 0 radical (unpaired) electrons. The monoisotopic (exact) mass is 200 g/mol. The molecule has 0 bridgehead atoms. The molecule has 0 heterocycles. The van der Waals surface area contributed by atoms with Gasteiger partial charge < -0.3 is 10.6 Å². The number of carbonyl (C=O) groups excluding carboxylic acids is 2. The van der Waals surface area contributed by atoms with Gasteiger partial charge in [0.2, 0.25) is 11.8 Å². The molecule has 4 nitrogen and oxygen atoms in total. The maximum absolute atomic E-state index is 11.3. The van der Waals surface area contributed by atoms with Crippen molar-refractivity contribution in [1.82, 2.24) is 10.6 Å². The average Bonchev–Trinajstić information content (AvgIpc) is 2.11. The third-order valence-electron chi connectivity index (χ3n) is 1.96. The smallest absolute Gasteiger partial charge is 0.222 e. The van der Waals surface area contributed by atoms with E-state index in [-0.39, 0.29) is 23.8 Å². The predicted octanol–water partition coefficient (Wildman–Crippen LogP) is 0.673. The molecular formula is C10H20N2O2. The molecule has 2 amide bonds. The largest absolute Gasteiger partial charge is 0.354 e. The molecule has 0 aromatic heterocycles. The van der Waals surface area contributed by atoms with Crippen LogP contribution in [0.25, 0.3) is 0 Å². The van der Waals surface area contributed by atoms with Gasteiger partial charge in [-0.05, 0) is 6.42 Å². The van der Waals surface area contributed by atoms with Gasteiger partial charge >= 0.3 is 0 Å². The Morgan fingerprint density at radius 2 is 1.86 bits per heavy atom. The van der Waals surface area contributed by atoms with Gasteiger partial charge in [0.05, 0.1) is 0 Å². The fourth-order valence-electron chi connectivity index (χ4n) is 0.932. The first-order valence-corrected chi connectivity index (χ1v) is 5.02. The second-order valence-electron chi connectivity index (χ2n) is 3.71. The van der Waals surface area contributed by atoms with Crippen LogP contribution in [-0.4, -0.2) is 24.4 Å². The zero-order valence-corrected chi connectivity index (χ0v) is 9.39. The lowest BCUT2D eigenvalue weighted by Gasteiger charge is -2.18. The highest BCUT2D eigenvalue weighted by Crippen LogP contribution is 1.95. The molecule has 2 N–H and O–H groups in total. The summed E-state index contributed by atoms with van der Waals surface area (Å²) in [6, 6.07) is 0.0359. The Hall–Kier alpha value is -1.06. The second kappa shape index (κ2) is 6.40. The van der Waals surface area contributed by atoms with E-state index < -0.39 is 0 Å². The zero-order valence-electron chi connectivity index (χ0n) is 9.39. The fraction of sp³-hybridized carbons (Fsp3) is 0.800. The maximum Gasteiger partial charge on any atom is 0.222 e. The molecule has 14 heavy (non-hydrogen) atoms. The molecule has 0 fully saturated rings. The standard InChI is InChI=1S/C10H20N2O2/c1-5-9(6-11-8(4)13)12-10(14)7(2)3/h7,9H,5-6H2,1-4H3,(H,11,13)(H,12,14)/t9-/m1/s1. The first-order chi connectivity index (χ1) is 6.47. The Kier molecular flexibility index (Phi) is 5.92. The zero-order chi connectivity index (χ0) is 11.1. The first kappa shape index (κ1) is 12.9. The Balaban J connectivity index is 3.90. The van der Waals surface area contributed by atoms with Crippen molar-refractivity contribution in [2.45, 2.75) is 40.2 Å². The van der Waals surface area contributed by atoms with Crippen LogP contribution in [0.15, 0.2) is 0 Å². The van der Waals surface area contributed by atoms with Gasteiger partial charge in [-0.15, -0.1) is 0 Å². The molecule has 0 aliphatic rings. The van der Waals surface area contributed by atoms with Crippen LogP contribution in [0.2, 0.25) is 0 Å². The summed E-state index contributed by atoms with van der Waals surface area (Å²) in [7, 11) is 0. The van der Waals surface area contributed by atoms with Gasteiger partial charge in [-0.1, -0.05) is 20.8 Å². The molecule has 1 atom stereocenters. The van der Waals surface area contributed by atoms with Crippen molar-refractivity contribution in [3.8, 4) is 0 Å². The molecule has 4 heteroatoms. The van der Waals surface area contributed by atoms with Crippen molar-refractivity contribution >= 4 is 11.8 Å². The van der Waals surface area contributed by atoms with Crippen LogP contribution in [0, 0.1) is 5.92 Å². The molecule has 0 rings (SSSR count). The number of nitrogens with one attached hydrogen (secondary N) is 2. The van der Waals surface area contributed by atoms with E-state index in [1.807, 2.05) is 20.8 Å². The molecule has 0 aromatic rings. The van der Waals surface area contributed by atoms with E-state index in [9.17, 15) is 9.59 Å². The summed E-state index contributed by atoms with van der Waals surface area (Å²) < 4.78 is 0. The van der Waals surface area contributed by atoms with Gasteiger partial charge in [0.1, 0.15) is 0 Å². The summed E-state index contributed by atoms with van der Waals surface area (Å²) in [4.78, 5) is 22.0. The van der Waals surface area contributed by atoms with E-state index in [1.165, 1.54) is 6.92 Å². The second-order valence-corrected chi connectivity index (χ2v) is 3.71. The van der Waals surface area contributed by atoms with E-state index in [4.69, 9.17) is 0 Å². The summed E-state index contributed by atoms with van der Waals surface area (Å²) in [6.45, 7) is 7.65. The third kappa shape index (κ3) is 5.56. The molecule has 0 saturated carbocycles.